The lowest BCUT2D eigenvalue weighted by Crippen LogP contribution is -2.53. The van der Waals surface area contributed by atoms with Gasteiger partial charge in [0.15, 0.2) is 0 Å². The summed E-state index contributed by atoms with van der Waals surface area (Å²) in [5, 5.41) is 10.8. The number of nitrogens with zero attached hydrogens (tertiary/aromatic N) is 3. The van der Waals surface area contributed by atoms with Gasteiger partial charge in [0.05, 0.1) is 36.9 Å². The maximum atomic E-state index is 10.8. The summed E-state index contributed by atoms with van der Waals surface area (Å²) in [6.07, 6.45) is 1.85. The van der Waals surface area contributed by atoms with Crippen LogP contribution in [0.5, 0.6) is 0 Å². The molecule has 4 atom stereocenters. The Morgan fingerprint density at radius 1 is 1.14 bits per heavy atom. The molecule has 152 valence electrons. The van der Waals surface area contributed by atoms with E-state index in [1.54, 1.807) is 0 Å². The fourth-order valence-corrected chi connectivity index (χ4v) is 5.59. The van der Waals surface area contributed by atoms with Crippen LogP contribution in [-0.2, 0) is 11.3 Å². The van der Waals surface area contributed by atoms with E-state index in [2.05, 4.69) is 40.8 Å². The zero-order valence-corrected chi connectivity index (χ0v) is 17.0. The number of likely N-dealkylation sites (tertiary alicyclic amines) is 1. The minimum absolute atomic E-state index is 0.198. The molecule has 5 rings (SSSR count). The second kappa shape index (κ2) is 7.41. The molecule has 2 aromatic rings. The second-order valence-corrected chi connectivity index (χ2v) is 9.06. The van der Waals surface area contributed by atoms with E-state index < -0.39 is 0 Å². The van der Waals surface area contributed by atoms with Crippen molar-refractivity contribution in [1.29, 1.82) is 0 Å². The monoisotopic (exact) mass is 384 g/mol. The molecule has 0 unspecified atom stereocenters. The van der Waals surface area contributed by atoms with Crippen LogP contribution in [0.15, 0.2) is 12.1 Å². The fraction of sp³-hybridized carbons (Fsp3) is 0.682. The number of aryl methyl sites for hydroxylation is 2. The van der Waals surface area contributed by atoms with Crippen molar-refractivity contribution in [2.24, 2.45) is 11.8 Å². The lowest BCUT2D eigenvalue weighted by Gasteiger charge is -2.43. The first-order valence-corrected chi connectivity index (χ1v) is 10.8. The van der Waals surface area contributed by atoms with Crippen LogP contribution < -0.4 is 0 Å². The van der Waals surface area contributed by atoms with Gasteiger partial charge in [-0.3, -0.25) is 9.80 Å². The molecule has 28 heavy (non-hydrogen) atoms. The van der Waals surface area contributed by atoms with E-state index in [0.29, 0.717) is 17.9 Å². The summed E-state index contributed by atoms with van der Waals surface area (Å²) < 4.78 is 5.49. The Morgan fingerprint density at radius 2 is 1.89 bits per heavy atom. The number of hydrogen-bond donors (Lipinski definition) is 2. The van der Waals surface area contributed by atoms with Gasteiger partial charge in [0.25, 0.3) is 0 Å². The van der Waals surface area contributed by atoms with Crippen molar-refractivity contribution < 1.29 is 9.84 Å². The summed E-state index contributed by atoms with van der Waals surface area (Å²) in [6.45, 7) is 10.9. The van der Waals surface area contributed by atoms with E-state index in [4.69, 9.17) is 9.72 Å². The van der Waals surface area contributed by atoms with Crippen LogP contribution in [-0.4, -0.2) is 76.4 Å². The number of aliphatic hydroxyl groups excluding tert-OH is 1. The number of aliphatic hydroxyl groups is 1. The van der Waals surface area contributed by atoms with Crippen LogP contribution in [0, 0.1) is 25.7 Å². The number of morpholine rings is 1. The van der Waals surface area contributed by atoms with E-state index in [9.17, 15) is 5.11 Å². The van der Waals surface area contributed by atoms with Crippen molar-refractivity contribution >= 4 is 11.0 Å². The average molecular weight is 385 g/mol. The second-order valence-electron chi connectivity index (χ2n) is 9.06. The molecule has 2 N–H and O–H groups in total. The van der Waals surface area contributed by atoms with Crippen LogP contribution in [0.2, 0.25) is 0 Å². The Hall–Kier alpha value is -1.47. The highest BCUT2D eigenvalue weighted by atomic mass is 16.5. The standard InChI is InChI=1S/C22H32N4O2/c1-14-3-4-18-22(15(14)2)24-21(23-18)13-25-11-16-9-19(20(27)10-17(16)12-25)26-5-7-28-8-6-26/h3-4,16-17,19-20,27H,5-13H2,1-2H3,(H,23,24)/t16-,17+,19-,20-/m1/s1. The van der Waals surface area contributed by atoms with Crippen molar-refractivity contribution in [3.05, 3.63) is 29.1 Å². The molecule has 2 aliphatic heterocycles. The SMILES string of the molecule is Cc1ccc2[nH]c(CN3C[C@H]4C[C@@H](N5CCOCC5)[C@H](O)C[C@H]4C3)nc2c1C. The van der Waals surface area contributed by atoms with Gasteiger partial charge in [-0.1, -0.05) is 6.07 Å². The van der Waals surface area contributed by atoms with Gasteiger partial charge in [-0.05, 0) is 55.7 Å². The molecular weight excluding hydrogens is 352 g/mol. The van der Waals surface area contributed by atoms with Crippen molar-refractivity contribution in [3.63, 3.8) is 0 Å². The van der Waals surface area contributed by atoms with Crippen LogP contribution in [0.25, 0.3) is 11.0 Å². The largest absolute Gasteiger partial charge is 0.391 e. The number of aromatic amines is 1. The van der Waals surface area contributed by atoms with Crippen molar-refractivity contribution in [3.8, 4) is 0 Å². The third-order valence-corrected chi connectivity index (χ3v) is 7.30. The number of hydrogen-bond acceptors (Lipinski definition) is 5. The lowest BCUT2D eigenvalue weighted by molar-refractivity contribution is -0.0520. The quantitative estimate of drug-likeness (QED) is 0.848. The molecule has 1 aromatic carbocycles. The Labute approximate surface area is 166 Å². The zero-order chi connectivity index (χ0) is 19.3. The summed E-state index contributed by atoms with van der Waals surface area (Å²) >= 11 is 0. The number of nitrogens with one attached hydrogen (secondary N) is 1. The molecular formula is C22H32N4O2. The van der Waals surface area contributed by atoms with Gasteiger partial charge < -0.3 is 14.8 Å². The van der Waals surface area contributed by atoms with Gasteiger partial charge in [0.1, 0.15) is 5.82 Å². The summed E-state index contributed by atoms with van der Waals surface area (Å²) in [4.78, 5) is 13.4. The molecule has 6 nitrogen and oxygen atoms in total. The highest BCUT2D eigenvalue weighted by molar-refractivity contribution is 5.79. The Morgan fingerprint density at radius 3 is 2.68 bits per heavy atom. The molecule has 3 fully saturated rings. The van der Waals surface area contributed by atoms with Crippen LogP contribution >= 0.6 is 0 Å². The number of ether oxygens (including phenoxy) is 1. The molecule has 1 aromatic heterocycles. The summed E-state index contributed by atoms with van der Waals surface area (Å²) in [6, 6.07) is 4.61. The first kappa shape index (κ1) is 18.6. The Kier molecular flexibility index (Phi) is 4.91. The normalized spacial score (nSPS) is 32.1. The van der Waals surface area contributed by atoms with Gasteiger partial charge in [0, 0.05) is 32.2 Å². The minimum Gasteiger partial charge on any atom is -0.391 e. The van der Waals surface area contributed by atoms with Crippen LogP contribution in [0.4, 0.5) is 0 Å². The predicted molar refractivity (Wildman–Crippen MR) is 109 cm³/mol. The maximum absolute atomic E-state index is 10.8. The lowest BCUT2D eigenvalue weighted by atomic mass is 9.77. The molecule has 0 spiro atoms. The zero-order valence-electron chi connectivity index (χ0n) is 17.0. The molecule has 0 radical (unpaired) electrons. The van der Waals surface area contributed by atoms with Crippen LogP contribution in [0.1, 0.15) is 29.8 Å². The average Bonchev–Trinajstić information content (AvgIpc) is 3.28. The van der Waals surface area contributed by atoms with Crippen LogP contribution in [0.3, 0.4) is 0 Å². The van der Waals surface area contributed by atoms with E-state index in [-0.39, 0.29) is 6.10 Å². The van der Waals surface area contributed by atoms with Gasteiger partial charge in [-0.15, -0.1) is 0 Å². The third kappa shape index (κ3) is 3.36. The molecule has 3 heterocycles. The van der Waals surface area contributed by atoms with Crippen molar-refractivity contribution in [1.82, 2.24) is 19.8 Å². The molecule has 2 saturated heterocycles. The summed E-state index contributed by atoms with van der Waals surface area (Å²) in [5.41, 5.74) is 4.80. The van der Waals surface area contributed by atoms with Gasteiger partial charge in [-0.25, -0.2) is 4.98 Å². The molecule has 1 aliphatic carbocycles. The van der Waals surface area contributed by atoms with Gasteiger partial charge >= 0.3 is 0 Å². The van der Waals surface area contributed by atoms with Crippen molar-refractivity contribution in [2.75, 3.05) is 39.4 Å². The number of aromatic nitrogens is 2. The number of imidazole rings is 1. The summed E-state index contributed by atoms with van der Waals surface area (Å²) in [7, 11) is 0. The topological polar surface area (TPSA) is 64.6 Å². The molecule has 0 bridgehead atoms. The fourth-order valence-electron chi connectivity index (χ4n) is 5.59. The van der Waals surface area contributed by atoms with E-state index in [1.165, 1.54) is 11.1 Å². The summed E-state index contributed by atoms with van der Waals surface area (Å²) in [5.74, 6) is 2.36. The number of fused-ring (bicyclic) bond motifs is 2. The first-order chi connectivity index (χ1) is 13.6. The van der Waals surface area contributed by atoms with Gasteiger partial charge in [0.2, 0.25) is 0 Å². The Balaban J connectivity index is 1.26. The highest BCUT2D eigenvalue weighted by Crippen LogP contribution is 2.39. The first-order valence-electron chi connectivity index (χ1n) is 10.8. The molecule has 1 saturated carbocycles. The highest BCUT2D eigenvalue weighted by Gasteiger charge is 2.43. The van der Waals surface area contributed by atoms with Gasteiger partial charge in [-0.2, -0.15) is 0 Å². The maximum Gasteiger partial charge on any atom is 0.121 e. The number of benzene rings is 1. The molecule has 3 aliphatic rings. The van der Waals surface area contributed by atoms with E-state index in [1.807, 2.05) is 0 Å². The third-order valence-electron chi connectivity index (χ3n) is 7.30. The van der Waals surface area contributed by atoms with Crippen molar-refractivity contribution in [2.45, 2.75) is 45.4 Å². The minimum atomic E-state index is -0.198. The smallest absolute Gasteiger partial charge is 0.121 e. The predicted octanol–water partition coefficient (Wildman–Crippen LogP) is 2.08. The van der Waals surface area contributed by atoms with E-state index >= 15 is 0 Å². The molecule has 6 heteroatoms. The molecule has 0 amide bonds. The van der Waals surface area contributed by atoms with E-state index in [0.717, 1.165) is 75.6 Å². The Bertz CT molecular complexity index is 844. The number of rotatable bonds is 3. The number of H-pyrrole nitrogens is 1.